The highest BCUT2D eigenvalue weighted by molar-refractivity contribution is 7.39. The van der Waals surface area contributed by atoms with Gasteiger partial charge < -0.3 is 9.47 Å². The Kier molecular flexibility index (Phi) is 8.07. The lowest BCUT2D eigenvalue weighted by molar-refractivity contribution is -0.142. The second-order valence-electron chi connectivity index (χ2n) is 8.03. The smallest absolute Gasteiger partial charge is 0.163 e. The minimum Gasteiger partial charge on any atom is -0.344 e. The topological polar surface area (TPSA) is 18.5 Å². The van der Waals surface area contributed by atoms with E-state index in [1.54, 1.807) is 0 Å². The molecular weight excluding hydrogens is 382 g/mol. The van der Waals surface area contributed by atoms with E-state index in [1.807, 2.05) is 0 Å². The molecule has 1 heterocycles. The molecule has 28 heavy (non-hydrogen) atoms. The Hall–Kier alpha value is -0.780. The van der Waals surface area contributed by atoms with Gasteiger partial charge in [0.2, 0.25) is 0 Å². The van der Waals surface area contributed by atoms with Crippen LogP contribution in [0.2, 0.25) is 0 Å². The lowest BCUT2D eigenvalue weighted by Crippen LogP contribution is -2.27. The van der Waals surface area contributed by atoms with Gasteiger partial charge in [-0.25, -0.2) is 0 Å². The van der Waals surface area contributed by atoms with E-state index < -0.39 is 5.79 Å². The van der Waals surface area contributed by atoms with Crippen molar-refractivity contribution in [3.05, 3.63) is 71.8 Å². The average Bonchev–Trinajstić information content (AvgIpc) is 3.01. The molecule has 152 valence electrons. The maximum atomic E-state index is 6.32. The molecule has 1 fully saturated rings. The summed E-state index contributed by atoms with van der Waals surface area (Å²) in [4.78, 5) is 0. The Balaban J connectivity index is 1.57. The highest BCUT2D eigenvalue weighted by Gasteiger charge is 2.41. The molecule has 2 aromatic carbocycles. The van der Waals surface area contributed by atoms with E-state index in [4.69, 9.17) is 9.47 Å². The summed E-state index contributed by atoms with van der Waals surface area (Å²) in [6.45, 7) is 8.73. The summed E-state index contributed by atoms with van der Waals surface area (Å²) in [5, 5.41) is 0. The Morgan fingerprint density at radius 3 is 1.86 bits per heavy atom. The van der Waals surface area contributed by atoms with E-state index in [0.717, 1.165) is 29.5 Å². The predicted molar refractivity (Wildman–Crippen MR) is 125 cm³/mol. The van der Waals surface area contributed by atoms with Crippen molar-refractivity contribution in [2.45, 2.75) is 63.4 Å². The molecule has 0 radical (unpaired) electrons. The van der Waals surface area contributed by atoms with Crippen molar-refractivity contribution in [2.24, 2.45) is 0 Å². The average molecular weight is 416 g/mol. The monoisotopic (exact) mass is 416 g/mol. The van der Waals surface area contributed by atoms with E-state index in [1.165, 1.54) is 17.5 Å². The fourth-order valence-corrected chi connectivity index (χ4v) is 6.79. The van der Waals surface area contributed by atoms with Crippen LogP contribution in [0.15, 0.2) is 60.7 Å². The molecule has 4 heteroatoms. The van der Waals surface area contributed by atoms with Gasteiger partial charge in [0.25, 0.3) is 0 Å². The Bertz CT molecular complexity index is 705. The van der Waals surface area contributed by atoms with Crippen molar-refractivity contribution < 1.29 is 9.47 Å². The first-order chi connectivity index (χ1) is 13.5. The molecule has 1 saturated heterocycles. The van der Waals surface area contributed by atoms with Crippen LogP contribution in [0.25, 0.3) is 0 Å². The number of hydrogen-bond acceptors (Lipinski definition) is 2. The Morgan fingerprint density at radius 2 is 1.32 bits per heavy atom. The van der Waals surface area contributed by atoms with Gasteiger partial charge in [-0.15, -0.1) is 17.2 Å². The van der Waals surface area contributed by atoms with Crippen molar-refractivity contribution in [1.82, 2.24) is 0 Å². The van der Waals surface area contributed by atoms with Gasteiger partial charge in [-0.3, -0.25) is 0 Å². The molecule has 3 rings (SSSR count). The van der Waals surface area contributed by atoms with Crippen molar-refractivity contribution >= 4 is 17.2 Å². The van der Waals surface area contributed by atoms with Crippen LogP contribution < -0.4 is 0 Å². The zero-order valence-electron chi connectivity index (χ0n) is 17.5. The van der Waals surface area contributed by atoms with Crippen molar-refractivity contribution in [1.29, 1.82) is 0 Å². The van der Waals surface area contributed by atoms with Crippen LogP contribution in [0.3, 0.4) is 0 Å². The van der Waals surface area contributed by atoms with Gasteiger partial charge in [0.05, 0.1) is 12.2 Å². The molecule has 0 aliphatic carbocycles. The lowest BCUT2D eigenvalue weighted by atomic mass is 10.1. The quantitative estimate of drug-likeness (QED) is 0.420. The van der Waals surface area contributed by atoms with E-state index >= 15 is 0 Å². The second kappa shape index (κ2) is 10.3. The molecule has 0 aromatic heterocycles. The van der Waals surface area contributed by atoms with Gasteiger partial charge in [0.15, 0.2) is 5.79 Å². The number of ether oxygens (including phenoxy) is 2. The molecule has 1 aliphatic heterocycles. The summed E-state index contributed by atoms with van der Waals surface area (Å²) < 4.78 is 12.6. The number of rotatable bonds is 9. The third kappa shape index (κ3) is 6.11. The van der Waals surface area contributed by atoms with Crippen LogP contribution in [0.1, 0.15) is 56.6 Å². The third-order valence-corrected chi connectivity index (χ3v) is 8.84. The van der Waals surface area contributed by atoms with Crippen molar-refractivity contribution in [2.75, 3.05) is 12.3 Å². The van der Waals surface area contributed by atoms with Gasteiger partial charge >= 0.3 is 0 Å². The molecule has 6 atom stereocenters. The van der Waals surface area contributed by atoms with Gasteiger partial charge in [-0.05, 0) is 49.4 Å². The highest BCUT2D eigenvalue weighted by atomic mass is 31.1. The summed E-state index contributed by atoms with van der Waals surface area (Å²) in [5.41, 5.74) is 4.08. The second-order valence-corrected chi connectivity index (χ2v) is 11.2. The fraction of sp³-hybridized carbons (Fsp3) is 0.500. The van der Waals surface area contributed by atoms with Gasteiger partial charge in [-0.2, -0.15) is 0 Å². The molecule has 0 N–H and O–H groups in total. The van der Waals surface area contributed by atoms with E-state index in [-0.39, 0.29) is 12.2 Å². The molecular formula is C24H34O2P2. The lowest BCUT2D eigenvalue weighted by Gasteiger charge is -2.22. The molecule has 0 saturated carbocycles. The van der Waals surface area contributed by atoms with Gasteiger partial charge in [0, 0.05) is 5.66 Å². The van der Waals surface area contributed by atoms with Gasteiger partial charge in [0.1, 0.15) is 0 Å². The molecule has 0 amide bonds. The van der Waals surface area contributed by atoms with Crippen LogP contribution in [0.4, 0.5) is 0 Å². The molecule has 6 unspecified atom stereocenters. The van der Waals surface area contributed by atoms with Crippen LogP contribution in [-0.2, 0) is 9.47 Å². The third-order valence-electron chi connectivity index (χ3n) is 5.39. The minimum absolute atomic E-state index is 0.209. The Morgan fingerprint density at radius 1 is 0.821 bits per heavy atom. The highest BCUT2D eigenvalue weighted by Crippen LogP contribution is 2.43. The molecule has 2 aromatic rings. The van der Waals surface area contributed by atoms with Crippen LogP contribution in [0, 0.1) is 0 Å². The normalized spacial score (nSPS) is 24.3. The molecule has 0 spiro atoms. The fourth-order valence-electron chi connectivity index (χ4n) is 3.85. The van der Waals surface area contributed by atoms with Crippen LogP contribution in [-0.4, -0.2) is 30.3 Å². The molecule has 2 nitrogen and oxygen atoms in total. The molecule has 1 aliphatic rings. The SMILES string of the molecule is CCC(PCC1OC(C)(C)OC1CPC(C)c1ccccc1)c1ccccc1. The van der Waals surface area contributed by atoms with Gasteiger partial charge in [-0.1, -0.05) is 74.5 Å². The van der Waals surface area contributed by atoms with Crippen LogP contribution >= 0.6 is 17.2 Å². The van der Waals surface area contributed by atoms with E-state index in [0.29, 0.717) is 11.3 Å². The minimum atomic E-state index is -0.464. The summed E-state index contributed by atoms with van der Waals surface area (Å²) in [7, 11) is 1.72. The largest absolute Gasteiger partial charge is 0.344 e. The first-order valence-electron chi connectivity index (χ1n) is 10.4. The Labute approximate surface area is 174 Å². The first-order valence-corrected chi connectivity index (χ1v) is 13.0. The summed E-state index contributed by atoms with van der Waals surface area (Å²) >= 11 is 0. The summed E-state index contributed by atoms with van der Waals surface area (Å²) in [6.07, 6.45) is 3.76. The van der Waals surface area contributed by atoms with E-state index in [9.17, 15) is 0 Å². The number of benzene rings is 2. The van der Waals surface area contributed by atoms with E-state index in [2.05, 4.69) is 88.4 Å². The maximum Gasteiger partial charge on any atom is 0.163 e. The maximum absolute atomic E-state index is 6.32. The van der Waals surface area contributed by atoms with Crippen LogP contribution in [0.5, 0.6) is 0 Å². The first kappa shape index (κ1) is 21.9. The zero-order chi connectivity index (χ0) is 20.0. The van der Waals surface area contributed by atoms with Crippen molar-refractivity contribution in [3.63, 3.8) is 0 Å². The zero-order valence-corrected chi connectivity index (χ0v) is 19.5. The molecule has 0 bridgehead atoms. The summed E-state index contributed by atoms with van der Waals surface area (Å²) in [6, 6.07) is 21.7. The standard InChI is InChI=1S/C24H34O2P2/c1-5-23(20-14-10-7-11-15-20)28-17-22-21(25-24(3,4)26-22)16-27-18(2)19-12-8-6-9-13-19/h6-15,18,21-23,27-28H,5,16-17H2,1-4H3. The number of hydrogen-bond donors (Lipinski definition) is 0. The van der Waals surface area contributed by atoms with Crippen molar-refractivity contribution in [3.8, 4) is 0 Å². The predicted octanol–water partition coefficient (Wildman–Crippen LogP) is 6.78. The summed E-state index contributed by atoms with van der Waals surface area (Å²) in [5.74, 6) is -0.464.